The van der Waals surface area contributed by atoms with Crippen molar-refractivity contribution < 1.29 is 0 Å². The zero-order valence-corrected chi connectivity index (χ0v) is 9.74. The number of rotatable bonds is 1. The van der Waals surface area contributed by atoms with Gasteiger partial charge in [-0.3, -0.25) is 0 Å². The molecule has 1 saturated heterocycles. The van der Waals surface area contributed by atoms with Gasteiger partial charge < -0.3 is 4.90 Å². The summed E-state index contributed by atoms with van der Waals surface area (Å²) < 4.78 is 0. The summed E-state index contributed by atoms with van der Waals surface area (Å²) >= 11 is 0. The normalized spacial score (nSPS) is 61.5. The van der Waals surface area contributed by atoms with Gasteiger partial charge in [0.1, 0.15) is 0 Å². The molecule has 80 valence electrons. The van der Waals surface area contributed by atoms with Gasteiger partial charge in [0.2, 0.25) is 0 Å². The fourth-order valence-electron chi connectivity index (χ4n) is 4.67. The zero-order valence-electron chi connectivity index (χ0n) is 9.74. The van der Waals surface area contributed by atoms with Crippen LogP contribution in [0.5, 0.6) is 0 Å². The average Bonchev–Trinajstić information content (AvgIpc) is 2.63. The Morgan fingerprint density at radius 3 is 2.29 bits per heavy atom. The fraction of sp³-hybridized carbons (Fsp3) is 1.00. The van der Waals surface area contributed by atoms with Crippen LogP contribution < -0.4 is 0 Å². The largest absolute Gasteiger partial charge is 0.300 e. The van der Waals surface area contributed by atoms with Crippen molar-refractivity contribution in [2.75, 3.05) is 13.6 Å². The van der Waals surface area contributed by atoms with Gasteiger partial charge in [-0.1, -0.05) is 13.8 Å². The van der Waals surface area contributed by atoms with Gasteiger partial charge in [-0.2, -0.15) is 0 Å². The van der Waals surface area contributed by atoms with E-state index in [1.54, 1.807) is 0 Å². The summed E-state index contributed by atoms with van der Waals surface area (Å²) in [6.07, 6.45) is 4.56. The van der Waals surface area contributed by atoms with Crippen LogP contribution in [0.2, 0.25) is 0 Å². The highest BCUT2D eigenvalue weighted by Crippen LogP contribution is 2.56. The first-order chi connectivity index (χ1) is 6.68. The highest BCUT2D eigenvalue weighted by atomic mass is 15.3. The molecule has 1 heterocycles. The Kier molecular flexibility index (Phi) is 1.96. The van der Waals surface area contributed by atoms with Crippen molar-refractivity contribution in [2.45, 2.75) is 39.2 Å². The quantitative estimate of drug-likeness (QED) is 0.579. The predicted octanol–water partition coefficient (Wildman–Crippen LogP) is 2.62. The van der Waals surface area contributed by atoms with Crippen LogP contribution in [0.15, 0.2) is 0 Å². The Morgan fingerprint density at radius 2 is 1.64 bits per heavy atom. The van der Waals surface area contributed by atoms with E-state index >= 15 is 0 Å². The number of hydrogen-bond acceptors (Lipinski definition) is 1. The van der Waals surface area contributed by atoms with Gasteiger partial charge in [0.05, 0.1) is 0 Å². The van der Waals surface area contributed by atoms with Crippen LogP contribution >= 0.6 is 0 Å². The van der Waals surface area contributed by atoms with Crippen molar-refractivity contribution >= 4 is 0 Å². The first-order valence-corrected chi connectivity index (χ1v) is 6.38. The molecule has 0 radical (unpaired) electrons. The number of likely N-dealkylation sites (N-methyl/N-ethyl adjacent to an activating group) is 1. The molecule has 14 heavy (non-hydrogen) atoms. The third-order valence-electron chi connectivity index (χ3n) is 5.36. The van der Waals surface area contributed by atoms with Gasteiger partial charge in [-0.05, 0) is 55.9 Å². The summed E-state index contributed by atoms with van der Waals surface area (Å²) in [4.78, 5) is 2.54. The molecule has 0 aromatic heterocycles. The lowest BCUT2D eigenvalue weighted by molar-refractivity contribution is 0.257. The van der Waals surface area contributed by atoms with E-state index in [2.05, 4.69) is 25.8 Å². The molecule has 3 rings (SSSR count). The first-order valence-electron chi connectivity index (χ1n) is 6.38. The van der Waals surface area contributed by atoms with Crippen LogP contribution in [0.25, 0.3) is 0 Å². The van der Waals surface area contributed by atoms with Crippen LogP contribution in [0.4, 0.5) is 0 Å². The van der Waals surface area contributed by atoms with Gasteiger partial charge in [0, 0.05) is 12.6 Å². The minimum atomic E-state index is 0.970. The van der Waals surface area contributed by atoms with Crippen LogP contribution in [-0.4, -0.2) is 24.5 Å². The van der Waals surface area contributed by atoms with Gasteiger partial charge in [-0.15, -0.1) is 0 Å². The molecule has 0 aromatic carbocycles. The predicted molar refractivity (Wildman–Crippen MR) is 59.1 cm³/mol. The molecule has 0 N–H and O–H groups in total. The van der Waals surface area contributed by atoms with Gasteiger partial charge in [0.25, 0.3) is 0 Å². The Balaban J connectivity index is 1.77. The summed E-state index contributed by atoms with van der Waals surface area (Å²) in [5, 5.41) is 0. The van der Waals surface area contributed by atoms with Crippen molar-refractivity contribution in [3.05, 3.63) is 0 Å². The number of nitrogens with zero attached hydrogens (tertiary/aromatic N) is 1. The second-order valence-corrected chi connectivity index (χ2v) is 6.18. The number of fused-ring (bicyclic) bond motifs is 1. The second kappa shape index (κ2) is 2.98. The molecular weight excluding hydrogens is 170 g/mol. The standard InChI is InChI=1S/C13H23N/c1-8-6-9(2)13-10(8)4-5-11(13)12-7-14(12)3/h8-13H,4-7H2,1-3H3. The molecule has 2 saturated carbocycles. The minimum Gasteiger partial charge on any atom is -0.300 e. The number of hydrogen-bond donors (Lipinski definition) is 0. The van der Waals surface area contributed by atoms with Crippen molar-refractivity contribution in [2.24, 2.45) is 29.6 Å². The van der Waals surface area contributed by atoms with Gasteiger partial charge in [-0.25, -0.2) is 0 Å². The Hall–Kier alpha value is -0.0400. The lowest BCUT2D eigenvalue weighted by Gasteiger charge is -2.23. The molecule has 0 amide bonds. The van der Waals surface area contributed by atoms with E-state index in [1.807, 2.05) is 0 Å². The van der Waals surface area contributed by atoms with Crippen LogP contribution in [-0.2, 0) is 0 Å². The van der Waals surface area contributed by atoms with Crippen LogP contribution in [0, 0.1) is 29.6 Å². The van der Waals surface area contributed by atoms with Gasteiger partial charge >= 0.3 is 0 Å². The van der Waals surface area contributed by atoms with Crippen molar-refractivity contribution in [1.29, 1.82) is 0 Å². The first kappa shape index (κ1) is 9.21. The van der Waals surface area contributed by atoms with Crippen LogP contribution in [0.3, 0.4) is 0 Å². The molecule has 2 aliphatic carbocycles. The summed E-state index contributed by atoms with van der Waals surface area (Å²) in [5.41, 5.74) is 0. The molecule has 0 aromatic rings. The van der Waals surface area contributed by atoms with Crippen molar-refractivity contribution in [3.63, 3.8) is 0 Å². The molecule has 3 aliphatic rings. The highest BCUT2D eigenvalue weighted by Gasteiger charge is 2.52. The van der Waals surface area contributed by atoms with Gasteiger partial charge in [0.15, 0.2) is 0 Å². The SMILES string of the molecule is CC1CC(C)C2C1CCC2C1CN1C. The zero-order chi connectivity index (χ0) is 9.87. The Morgan fingerprint density at radius 1 is 1.00 bits per heavy atom. The van der Waals surface area contributed by atoms with E-state index in [-0.39, 0.29) is 0 Å². The molecule has 7 unspecified atom stereocenters. The van der Waals surface area contributed by atoms with E-state index in [0.717, 1.165) is 35.6 Å². The average molecular weight is 193 g/mol. The lowest BCUT2D eigenvalue weighted by Crippen LogP contribution is -2.22. The third kappa shape index (κ3) is 1.18. The monoisotopic (exact) mass is 193 g/mol. The second-order valence-electron chi connectivity index (χ2n) is 6.18. The lowest BCUT2D eigenvalue weighted by atomic mass is 9.83. The Bertz CT molecular complexity index is 237. The minimum absolute atomic E-state index is 0.970. The summed E-state index contributed by atoms with van der Waals surface area (Å²) in [7, 11) is 2.29. The van der Waals surface area contributed by atoms with Crippen LogP contribution in [0.1, 0.15) is 33.1 Å². The highest BCUT2D eigenvalue weighted by molar-refractivity contribution is 5.04. The van der Waals surface area contributed by atoms with E-state index < -0.39 is 0 Å². The molecule has 3 fully saturated rings. The molecule has 7 atom stereocenters. The molecular formula is C13H23N. The maximum Gasteiger partial charge on any atom is 0.0251 e. The van der Waals surface area contributed by atoms with E-state index in [0.29, 0.717) is 0 Å². The maximum atomic E-state index is 2.54. The summed E-state index contributed by atoms with van der Waals surface area (Å²) in [6.45, 7) is 6.37. The molecule has 1 nitrogen and oxygen atoms in total. The molecule has 0 bridgehead atoms. The van der Waals surface area contributed by atoms with E-state index in [9.17, 15) is 0 Å². The van der Waals surface area contributed by atoms with Crippen molar-refractivity contribution in [1.82, 2.24) is 4.90 Å². The molecule has 1 aliphatic heterocycles. The summed E-state index contributed by atoms with van der Waals surface area (Å²) in [6, 6.07) is 0.970. The smallest absolute Gasteiger partial charge is 0.0251 e. The Labute approximate surface area is 87.9 Å². The molecule has 1 heteroatoms. The fourth-order valence-corrected chi connectivity index (χ4v) is 4.67. The van der Waals surface area contributed by atoms with Crippen molar-refractivity contribution in [3.8, 4) is 0 Å². The van der Waals surface area contributed by atoms with E-state index in [4.69, 9.17) is 0 Å². The molecule has 0 spiro atoms. The summed E-state index contributed by atoms with van der Waals surface area (Å²) in [5.74, 6) is 5.26. The topological polar surface area (TPSA) is 3.01 Å². The maximum absolute atomic E-state index is 2.54. The third-order valence-corrected chi connectivity index (χ3v) is 5.36. The van der Waals surface area contributed by atoms with E-state index in [1.165, 1.54) is 25.8 Å².